The second-order valence-electron chi connectivity index (χ2n) is 4.28. The molecule has 1 rings (SSSR count). The van der Waals surface area contributed by atoms with Gasteiger partial charge in [-0.15, -0.1) is 0 Å². The van der Waals surface area contributed by atoms with Gasteiger partial charge in [-0.1, -0.05) is 44.2 Å². The van der Waals surface area contributed by atoms with Crippen molar-refractivity contribution in [2.75, 3.05) is 0 Å². The van der Waals surface area contributed by atoms with Gasteiger partial charge in [-0.25, -0.2) is 4.39 Å². The number of alkyl halides is 1. The van der Waals surface area contributed by atoms with E-state index in [2.05, 4.69) is 0 Å². The fourth-order valence-electron chi connectivity index (χ4n) is 1.33. The molecular formula is C14H17FO2. The van der Waals surface area contributed by atoms with Gasteiger partial charge >= 0.3 is 0 Å². The summed E-state index contributed by atoms with van der Waals surface area (Å²) in [5.74, 6) is -0.810. The summed E-state index contributed by atoms with van der Waals surface area (Å²) in [6.45, 7) is 3.34. The van der Waals surface area contributed by atoms with Crippen molar-refractivity contribution < 1.29 is 14.3 Å². The smallest absolute Gasteiger partial charge is 0.190 e. The minimum Gasteiger partial charge on any atom is -0.392 e. The maximum atomic E-state index is 13.3. The fourth-order valence-corrected chi connectivity index (χ4v) is 1.33. The number of hydrogen-bond donors (Lipinski definition) is 1. The molecule has 1 aromatic rings. The summed E-state index contributed by atoms with van der Waals surface area (Å²) < 4.78 is 13.3. The lowest BCUT2D eigenvalue weighted by molar-refractivity contribution is -0.120. The van der Waals surface area contributed by atoms with E-state index in [1.807, 2.05) is 0 Å². The van der Waals surface area contributed by atoms with Crippen molar-refractivity contribution in [1.82, 2.24) is 0 Å². The molecule has 1 aromatic carbocycles. The summed E-state index contributed by atoms with van der Waals surface area (Å²) in [5.41, 5.74) is 1.62. The molecule has 0 aromatic heterocycles. The summed E-state index contributed by atoms with van der Waals surface area (Å²) in [4.78, 5) is 11.4. The molecule has 92 valence electrons. The van der Waals surface area contributed by atoms with Gasteiger partial charge in [0.05, 0.1) is 6.61 Å². The van der Waals surface area contributed by atoms with Crippen LogP contribution in [0, 0.1) is 5.92 Å². The predicted molar refractivity (Wildman–Crippen MR) is 66.1 cm³/mol. The lowest BCUT2D eigenvalue weighted by Crippen LogP contribution is -2.19. The van der Waals surface area contributed by atoms with E-state index in [1.54, 1.807) is 44.2 Å². The molecule has 1 N–H and O–H groups in total. The normalized spacial score (nSPS) is 13.2. The number of allylic oxidation sites excluding steroid dienone is 1. The Balaban J connectivity index is 2.67. The summed E-state index contributed by atoms with van der Waals surface area (Å²) in [7, 11) is 0. The Kier molecular flexibility index (Phi) is 5.04. The van der Waals surface area contributed by atoms with E-state index in [1.165, 1.54) is 6.08 Å². The van der Waals surface area contributed by atoms with E-state index in [0.717, 1.165) is 11.1 Å². The molecule has 1 unspecified atom stereocenters. The predicted octanol–water partition coefficient (Wildman–Crippen LogP) is 2.76. The second-order valence-corrected chi connectivity index (χ2v) is 4.28. The van der Waals surface area contributed by atoms with Gasteiger partial charge in [0.15, 0.2) is 12.0 Å². The molecule has 0 amide bonds. The molecule has 17 heavy (non-hydrogen) atoms. The number of carbonyl (C=O) groups excluding carboxylic acids is 1. The number of benzene rings is 1. The van der Waals surface area contributed by atoms with Crippen LogP contribution in [0.15, 0.2) is 30.3 Å². The second kappa shape index (κ2) is 6.30. The van der Waals surface area contributed by atoms with Gasteiger partial charge in [-0.3, -0.25) is 4.79 Å². The van der Waals surface area contributed by atoms with Crippen LogP contribution in [0.2, 0.25) is 0 Å². The van der Waals surface area contributed by atoms with Gasteiger partial charge < -0.3 is 5.11 Å². The van der Waals surface area contributed by atoms with E-state index in [4.69, 9.17) is 5.11 Å². The monoisotopic (exact) mass is 236 g/mol. The number of ketones is 1. The molecular weight excluding hydrogens is 219 g/mol. The Morgan fingerprint density at radius 3 is 2.41 bits per heavy atom. The van der Waals surface area contributed by atoms with Gasteiger partial charge in [0.2, 0.25) is 0 Å². The first-order chi connectivity index (χ1) is 8.04. The van der Waals surface area contributed by atoms with Gasteiger partial charge in [0.25, 0.3) is 0 Å². The van der Waals surface area contributed by atoms with Crippen molar-refractivity contribution in [3.05, 3.63) is 41.5 Å². The molecule has 0 spiro atoms. The van der Waals surface area contributed by atoms with Crippen LogP contribution >= 0.6 is 0 Å². The Labute approximate surface area is 101 Å². The van der Waals surface area contributed by atoms with E-state index in [0.29, 0.717) is 0 Å². The van der Waals surface area contributed by atoms with Crippen LogP contribution in [0.25, 0.3) is 6.08 Å². The van der Waals surface area contributed by atoms with Crippen LogP contribution in [0.4, 0.5) is 4.39 Å². The van der Waals surface area contributed by atoms with Gasteiger partial charge in [0.1, 0.15) is 0 Å². The average molecular weight is 236 g/mol. The standard InChI is InChI=1S/C14H17FO2/c1-10(2)14(15)13(17)8-7-11-3-5-12(9-16)6-4-11/h3-8,10,14,16H,9H2,1-2H3/b8-7+. The van der Waals surface area contributed by atoms with E-state index in [9.17, 15) is 9.18 Å². The molecule has 0 aliphatic carbocycles. The Morgan fingerprint density at radius 2 is 1.94 bits per heavy atom. The van der Waals surface area contributed by atoms with Gasteiger partial charge in [-0.2, -0.15) is 0 Å². The average Bonchev–Trinajstić information content (AvgIpc) is 2.35. The number of halogens is 1. The maximum absolute atomic E-state index is 13.3. The molecule has 0 aliphatic heterocycles. The number of carbonyl (C=O) groups is 1. The first-order valence-corrected chi connectivity index (χ1v) is 5.60. The first kappa shape index (κ1) is 13.6. The van der Waals surface area contributed by atoms with E-state index >= 15 is 0 Å². The summed E-state index contributed by atoms with van der Waals surface area (Å²) >= 11 is 0. The highest BCUT2D eigenvalue weighted by Gasteiger charge is 2.17. The third kappa shape index (κ3) is 4.11. The third-order valence-electron chi connectivity index (χ3n) is 2.46. The molecule has 2 nitrogen and oxygen atoms in total. The van der Waals surface area contributed by atoms with Gasteiger partial charge in [0, 0.05) is 0 Å². The quantitative estimate of drug-likeness (QED) is 0.798. The molecule has 0 saturated heterocycles. The highest BCUT2D eigenvalue weighted by molar-refractivity contribution is 5.97. The SMILES string of the molecule is CC(C)C(F)C(=O)/C=C/c1ccc(CO)cc1. The van der Waals surface area contributed by atoms with Crippen molar-refractivity contribution in [3.8, 4) is 0 Å². The van der Waals surface area contributed by atoms with E-state index in [-0.39, 0.29) is 12.5 Å². The van der Waals surface area contributed by atoms with E-state index < -0.39 is 12.0 Å². The van der Waals surface area contributed by atoms with Crippen LogP contribution in [0.5, 0.6) is 0 Å². The molecule has 1 atom stereocenters. The number of aliphatic hydroxyl groups is 1. The van der Waals surface area contributed by atoms with Crippen LogP contribution in [0.3, 0.4) is 0 Å². The molecule has 0 heterocycles. The summed E-state index contributed by atoms with van der Waals surface area (Å²) in [6.07, 6.45) is 1.40. The first-order valence-electron chi connectivity index (χ1n) is 5.60. The molecule has 3 heteroatoms. The zero-order chi connectivity index (χ0) is 12.8. The maximum Gasteiger partial charge on any atom is 0.190 e. The Hall–Kier alpha value is -1.48. The van der Waals surface area contributed by atoms with Crippen molar-refractivity contribution in [3.63, 3.8) is 0 Å². The lowest BCUT2D eigenvalue weighted by Gasteiger charge is -2.07. The minimum atomic E-state index is -1.44. The minimum absolute atomic E-state index is 0.0111. The van der Waals surface area contributed by atoms with Crippen molar-refractivity contribution in [2.45, 2.75) is 26.6 Å². The van der Waals surface area contributed by atoms with Crippen molar-refractivity contribution in [1.29, 1.82) is 0 Å². The van der Waals surface area contributed by atoms with Crippen LogP contribution < -0.4 is 0 Å². The number of hydrogen-bond acceptors (Lipinski definition) is 2. The topological polar surface area (TPSA) is 37.3 Å². The fraction of sp³-hybridized carbons (Fsp3) is 0.357. The molecule has 0 radical (unpaired) electrons. The molecule has 0 saturated carbocycles. The summed E-state index contributed by atoms with van der Waals surface area (Å²) in [6, 6.07) is 7.08. The Morgan fingerprint density at radius 1 is 1.35 bits per heavy atom. The zero-order valence-corrected chi connectivity index (χ0v) is 10.1. The third-order valence-corrected chi connectivity index (χ3v) is 2.46. The number of aliphatic hydroxyl groups excluding tert-OH is 1. The van der Waals surface area contributed by atoms with Crippen molar-refractivity contribution in [2.24, 2.45) is 5.92 Å². The van der Waals surface area contributed by atoms with Crippen LogP contribution in [-0.2, 0) is 11.4 Å². The molecule has 0 bridgehead atoms. The Bertz CT molecular complexity index is 393. The lowest BCUT2D eigenvalue weighted by atomic mass is 10.0. The molecule has 0 fully saturated rings. The molecule has 0 aliphatic rings. The largest absolute Gasteiger partial charge is 0.392 e. The van der Waals surface area contributed by atoms with Crippen molar-refractivity contribution >= 4 is 11.9 Å². The summed E-state index contributed by atoms with van der Waals surface area (Å²) in [5, 5.41) is 8.86. The number of rotatable bonds is 5. The highest BCUT2D eigenvalue weighted by atomic mass is 19.1. The van der Waals surface area contributed by atoms with Crippen LogP contribution in [-0.4, -0.2) is 17.1 Å². The zero-order valence-electron chi connectivity index (χ0n) is 10.1. The van der Waals surface area contributed by atoms with Crippen LogP contribution in [0.1, 0.15) is 25.0 Å². The highest BCUT2D eigenvalue weighted by Crippen LogP contribution is 2.10. The van der Waals surface area contributed by atoms with Gasteiger partial charge in [-0.05, 0) is 23.1 Å².